The minimum atomic E-state index is -0.213. The molecule has 2 aliphatic carbocycles. The molecule has 0 aromatic heterocycles. The molecule has 1 aliphatic heterocycles. The van der Waals surface area contributed by atoms with Crippen LogP contribution in [0.4, 0.5) is 0 Å². The Bertz CT molecular complexity index is 504. The third kappa shape index (κ3) is 2.33. The Hall–Kier alpha value is 0.1000. The second-order valence-corrected chi connectivity index (χ2v) is 12.5. The second-order valence-electron chi connectivity index (χ2n) is 4.69. The summed E-state index contributed by atoms with van der Waals surface area (Å²) in [5.74, 6) is 0.665. The van der Waals surface area contributed by atoms with E-state index in [2.05, 4.69) is 61.7 Å². The fraction of sp³-hybridized carbons (Fsp3) is 0.286. The number of allylic oxidation sites excluding steroid dienone is 10. The van der Waals surface area contributed by atoms with E-state index in [9.17, 15) is 0 Å². The third-order valence-corrected chi connectivity index (χ3v) is 10.9. The summed E-state index contributed by atoms with van der Waals surface area (Å²) in [7, 11) is -0.127. The monoisotopic (exact) mass is 333 g/mol. The summed E-state index contributed by atoms with van der Waals surface area (Å²) in [6, 6.07) is 0. The van der Waals surface area contributed by atoms with E-state index < -0.39 is 0 Å². The largest absolute Gasteiger partial charge is 0.248 e. The molecule has 1 heterocycles. The molecule has 84 valence electrons. The number of rotatable bonds is 1. The standard InChI is InChI=1S/C14H16PSi.Zr/c1-16(2)15-13-9-5-8-12(13)10-14(15)11-6-3-4-7-11;/h3-11,14H,1-2H3;/q+1;. The first-order chi connectivity index (χ1) is 7.77. The predicted molar refractivity (Wildman–Crippen MR) is 75.3 cm³/mol. The SMILES string of the molecule is C[Si](C)=[P+]1C2=CC=CC2=CC1C1C=CC=C1.[Zr]. The third-order valence-electron chi connectivity index (χ3n) is 3.39. The van der Waals surface area contributed by atoms with Crippen LogP contribution >= 0.6 is 7.06 Å². The molecule has 0 bridgehead atoms. The Kier molecular flexibility index (Phi) is 4.29. The van der Waals surface area contributed by atoms with E-state index >= 15 is 0 Å². The van der Waals surface area contributed by atoms with Crippen LogP contribution in [0.1, 0.15) is 0 Å². The van der Waals surface area contributed by atoms with Crippen LogP contribution < -0.4 is 0 Å². The number of hydrogen-bond acceptors (Lipinski definition) is 0. The van der Waals surface area contributed by atoms with E-state index in [1.807, 2.05) is 0 Å². The second kappa shape index (κ2) is 5.39. The summed E-state index contributed by atoms with van der Waals surface area (Å²) in [6.45, 7) is 4.95. The van der Waals surface area contributed by atoms with E-state index in [0.717, 1.165) is 5.66 Å². The molecule has 2 atom stereocenters. The molecule has 0 fully saturated rings. The van der Waals surface area contributed by atoms with Gasteiger partial charge in [-0.2, -0.15) is 0 Å². The van der Waals surface area contributed by atoms with Gasteiger partial charge in [0.2, 0.25) is 8.05 Å². The number of hydrogen-bond donors (Lipinski definition) is 0. The van der Waals surface area contributed by atoms with Crippen molar-refractivity contribution in [1.29, 1.82) is 0 Å². The van der Waals surface area contributed by atoms with Crippen LogP contribution in [0.2, 0.25) is 13.1 Å². The fourth-order valence-corrected chi connectivity index (χ4v) is 10.2. The van der Waals surface area contributed by atoms with Gasteiger partial charge in [0, 0.05) is 37.7 Å². The zero-order chi connectivity index (χ0) is 11.1. The first-order valence-corrected chi connectivity index (χ1v) is 10.6. The van der Waals surface area contributed by atoms with Crippen molar-refractivity contribution in [1.82, 2.24) is 0 Å². The van der Waals surface area contributed by atoms with Crippen LogP contribution in [0.15, 0.2) is 59.5 Å². The van der Waals surface area contributed by atoms with E-state index in [1.54, 1.807) is 5.31 Å². The number of fused-ring (bicyclic) bond motifs is 1. The Morgan fingerprint density at radius 1 is 1.12 bits per heavy atom. The molecule has 0 saturated carbocycles. The summed E-state index contributed by atoms with van der Waals surface area (Å²) in [5.41, 5.74) is 2.30. The average molecular weight is 335 g/mol. The molecule has 0 N–H and O–H groups in total. The predicted octanol–water partition coefficient (Wildman–Crippen LogP) is 4.22. The molecule has 3 rings (SSSR count). The fourth-order valence-electron chi connectivity index (χ4n) is 2.70. The maximum Gasteiger partial charge on any atom is 0.248 e. The minimum Gasteiger partial charge on any atom is -0.0730 e. The topological polar surface area (TPSA) is 0 Å². The molecule has 0 spiro atoms. The quantitative estimate of drug-likeness (QED) is 0.497. The normalized spacial score (nSPS) is 26.9. The van der Waals surface area contributed by atoms with Crippen molar-refractivity contribution in [3.8, 4) is 0 Å². The van der Waals surface area contributed by atoms with Crippen molar-refractivity contribution < 1.29 is 26.2 Å². The summed E-state index contributed by atoms with van der Waals surface area (Å²) >= 11 is 0. The van der Waals surface area contributed by atoms with Crippen molar-refractivity contribution in [2.45, 2.75) is 18.8 Å². The molecular weight excluding hydrogens is 318 g/mol. The van der Waals surface area contributed by atoms with Gasteiger partial charge in [0.25, 0.3) is 0 Å². The average Bonchev–Trinajstić information content (AvgIpc) is 2.92. The van der Waals surface area contributed by atoms with Gasteiger partial charge in [0.15, 0.2) is 0 Å². The van der Waals surface area contributed by atoms with Gasteiger partial charge in [0.05, 0.1) is 7.06 Å². The van der Waals surface area contributed by atoms with Crippen molar-refractivity contribution in [3.63, 3.8) is 0 Å². The Morgan fingerprint density at radius 2 is 1.82 bits per heavy atom. The molecule has 0 nitrogen and oxygen atoms in total. The van der Waals surface area contributed by atoms with Crippen LogP contribution in [0.25, 0.3) is 0 Å². The Labute approximate surface area is 125 Å². The molecule has 2 unspecified atom stereocenters. The van der Waals surface area contributed by atoms with Gasteiger partial charge in [-0.3, -0.25) is 0 Å². The molecular formula is C14H16PSiZr+. The van der Waals surface area contributed by atoms with Crippen LogP contribution in [0, 0.1) is 5.92 Å². The molecule has 0 amide bonds. The van der Waals surface area contributed by atoms with Gasteiger partial charge >= 0.3 is 0 Å². The Balaban J connectivity index is 0.00000108. The zero-order valence-electron chi connectivity index (χ0n) is 10.2. The zero-order valence-corrected chi connectivity index (χ0v) is 14.6. The molecule has 0 aromatic carbocycles. The van der Waals surface area contributed by atoms with Gasteiger partial charge in [-0.1, -0.05) is 36.5 Å². The van der Waals surface area contributed by atoms with Crippen molar-refractivity contribution in [3.05, 3.63) is 59.5 Å². The van der Waals surface area contributed by atoms with E-state index in [-0.39, 0.29) is 41.3 Å². The van der Waals surface area contributed by atoms with E-state index in [1.165, 1.54) is 5.57 Å². The molecule has 0 radical (unpaired) electrons. The first kappa shape index (κ1) is 13.5. The summed E-state index contributed by atoms with van der Waals surface area (Å²) < 4.78 is 0. The van der Waals surface area contributed by atoms with E-state index in [0.29, 0.717) is 5.92 Å². The van der Waals surface area contributed by atoms with Crippen molar-refractivity contribution in [2.75, 3.05) is 0 Å². The minimum absolute atomic E-state index is 0. The molecule has 0 aromatic rings. The van der Waals surface area contributed by atoms with Gasteiger partial charge in [-0.25, -0.2) is 0 Å². The van der Waals surface area contributed by atoms with Gasteiger partial charge in [-0.15, -0.1) is 0 Å². The van der Waals surface area contributed by atoms with E-state index in [4.69, 9.17) is 0 Å². The van der Waals surface area contributed by atoms with Gasteiger partial charge < -0.3 is 0 Å². The smallest absolute Gasteiger partial charge is 0.0730 e. The molecule has 17 heavy (non-hydrogen) atoms. The molecule has 3 heteroatoms. The van der Waals surface area contributed by atoms with Crippen molar-refractivity contribution in [2.24, 2.45) is 5.92 Å². The van der Waals surface area contributed by atoms with Crippen LogP contribution in [-0.4, -0.2) is 13.7 Å². The summed E-state index contributed by atoms with van der Waals surface area (Å²) in [4.78, 5) is 0. The van der Waals surface area contributed by atoms with Crippen LogP contribution in [-0.2, 0) is 26.2 Å². The summed E-state index contributed by atoms with van der Waals surface area (Å²) in [6.07, 6.45) is 18.5. The molecule has 0 saturated heterocycles. The molecule has 3 aliphatic rings. The van der Waals surface area contributed by atoms with Crippen LogP contribution in [0.5, 0.6) is 0 Å². The van der Waals surface area contributed by atoms with Crippen LogP contribution in [0.3, 0.4) is 0 Å². The van der Waals surface area contributed by atoms with Crippen molar-refractivity contribution >= 4 is 15.1 Å². The Morgan fingerprint density at radius 3 is 2.47 bits per heavy atom. The van der Waals surface area contributed by atoms with Gasteiger partial charge in [-0.05, 0) is 25.2 Å². The van der Waals surface area contributed by atoms with Gasteiger partial charge in [0.1, 0.15) is 11.0 Å². The maximum atomic E-state index is 2.53. The maximum absolute atomic E-state index is 2.53. The first-order valence-electron chi connectivity index (χ1n) is 5.82. The summed E-state index contributed by atoms with van der Waals surface area (Å²) in [5, 5.41) is 1.67.